The van der Waals surface area contributed by atoms with Crippen LogP contribution in [0.25, 0.3) is 0 Å². The fourth-order valence-electron chi connectivity index (χ4n) is 1.71. The molecule has 0 heterocycles. The number of nitriles is 1. The number of para-hydroxylation sites is 1. The number of rotatable bonds is 4. The van der Waals surface area contributed by atoms with E-state index in [1.807, 2.05) is 31.2 Å². The van der Waals surface area contributed by atoms with Crippen LogP contribution in [0.5, 0.6) is 0 Å². The summed E-state index contributed by atoms with van der Waals surface area (Å²) in [5.41, 5.74) is 2.27. The maximum atomic E-state index is 12.0. The molecule has 4 nitrogen and oxygen atoms in total. The van der Waals surface area contributed by atoms with Gasteiger partial charge in [-0.25, -0.2) is 0 Å². The van der Waals surface area contributed by atoms with E-state index in [9.17, 15) is 4.79 Å². The Morgan fingerprint density at radius 3 is 2.55 bits per heavy atom. The Hall–Kier alpha value is -2.77. The fourth-order valence-corrected chi connectivity index (χ4v) is 1.89. The summed E-state index contributed by atoms with van der Waals surface area (Å²) in [5, 5.41) is 15.3. The van der Waals surface area contributed by atoms with Gasteiger partial charge in [-0.1, -0.05) is 35.9 Å². The molecule has 0 spiro atoms. The molecule has 2 N–H and O–H groups in total. The predicted molar refractivity (Wildman–Crippen MR) is 88.6 cm³/mol. The van der Waals surface area contributed by atoms with E-state index in [-0.39, 0.29) is 5.57 Å². The van der Waals surface area contributed by atoms with Crippen LogP contribution in [0.2, 0.25) is 5.02 Å². The lowest BCUT2D eigenvalue weighted by Gasteiger charge is -2.06. The number of nitrogens with zero attached hydrogens (tertiary/aromatic N) is 1. The number of hydrogen-bond donors (Lipinski definition) is 2. The van der Waals surface area contributed by atoms with Crippen molar-refractivity contribution in [3.05, 3.63) is 70.9 Å². The first-order chi connectivity index (χ1) is 10.6. The molecule has 1 amide bonds. The molecule has 0 bridgehead atoms. The quantitative estimate of drug-likeness (QED) is 0.660. The highest BCUT2D eigenvalue weighted by atomic mass is 35.5. The molecule has 0 radical (unpaired) electrons. The second kappa shape index (κ2) is 7.30. The molecule has 2 aromatic carbocycles. The van der Waals surface area contributed by atoms with Gasteiger partial charge in [0.05, 0.1) is 0 Å². The highest BCUT2D eigenvalue weighted by Gasteiger charge is 2.09. The average molecular weight is 312 g/mol. The SMILES string of the molecule is Cc1ccc(N/C=C(\C#N)C(=O)Nc2ccccc2)cc1Cl. The van der Waals surface area contributed by atoms with Crippen molar-refractivity contribution in [3.63, 3.8) is 0 Å². The Bertz CT molecular complexity index is 748. The summed E-state index contributed by atoms with van der Waals surface area (Å²) in [6, 6.07) is 16.2. The standard InChI is InChI=1S/C17H14ClN3O/c1-12-7-8-15(9-16(12)18)20-11-13(10-19)17(22)21-14-5-3-2-4-6-14/h2-9,11,20H,1H3,(H,21,22)/b13-11+. The molecular weight excluding hydrogens is 298 g/mol. The summed E-state index contributed by atoms with van der Waals surface area (Å²) in [6.07, 6.45) is 1.36. The van der Waals surface area contributed by atoms with Gasteiger partial charge in [0.2, 0.25) is 0 Å². The van der Waals surface area contributed by atoms with Crippen LogP contribution in [-0.2, 0) is 4.79 Å². The van der Waals surface area contributed by atoms with E-state index in [2.05, 4.69) is 10.6 Å². The molecule has 0 fully saturated rings. The minimum atomic E-state index is -0.473. The topological polar surface area (TPSA) is 64.9 Å². The minimum Gasteiger partial charge on any atom is -0.360 e. The monoisotopic (exact) mass is 311 g/mol. The van der Waals surface area contributed by atoms with Crippen molar-refractivity contribution >= 4 is 28.9 Å². The molecule has 0 aliphatic heterocycles. The van der Waals surface area contributed by atoms with Gasteiger partial charge in [-0.3, -0.25) is 4.79 Å². The van der Waals surface area contributed by atoms with E-state index in [1.54, 1.807) is 30.3 Å². The summed E-state index contributed by atoms with van der Waals surface area (Å²) in [4.78, 5) is 12.0. The highest BCUT2D eigenvalue weighted by molar-refractivity contribution is 6.31. The van der Waals surface area contributed by atoms with Gasteiger partial charge in [-0.2, -0.15) is 5.26 Å². The third-order valence-electron chi connectivity index (χ3n) is 2.95. The van der Waals surface area contributed by atoms with Crippen LogP contribution in [0.4, 0.5) is 11.4 Å². The highest BCUT2D eigenvalue weighted by Crippen LogP contribution is 2.20. The molecule has 5 heteroatoms. The summed E-state index contributed by atoms with van der Waals surface area (Å²) in [6.45, 7) is 1.90. The molecule has 0 aromatic heterocycles. The number of nitrogens with one attached hydrogen (secondary N) is 2. The number of anilines is 2. The minimum absolute atomic E-state index is 0.0273. The Morgan fingerprint density at radius 1 is 1.18 bits per heavy atom. The van der Waals surface area contributed by atoms with Crippen molar-refractivity contribution in [1.82, 2.24) is 0 Å². The molecule has 0 aliphatic carbocycles. The third-order valence-corrected chi connectivity index (χ3v) is 3.36. The summed E-state index contributed by atoms with van der Waals surface area (Å²) in [5.74, 6) is -0.473. The molecule has 0 saturated carbocycles. The van der Waals surface area contributed by atoms with Gasteiger partial charge in [0.15, 0.2) is 0 Å². The first-order valence-electron chi connectivity index (χ1n) is 6.59. The van der Waals surface area contributed by atoms with Crippen LogP contribution in [0, 0.1) is 18.3 Å². The molecule has 0 unspecified atom stereocenters. The lowest BCUT2D eigenvalue weighted by Crippen LogP contribution is -2.14. The molecule has 0 atom stereocenters. The third kappa shape index (κ3) is 4.11. The largest absolute Gasteiger partial charge is 0.360 e. The van der Waals surface area contributed by atoms with Crippen LogP contribution in [-0.4, -0.2) is 5.91 Å². The number of aryl methyl sites for hydroxylation is 1. The molecule has 2 aromatic rings. The van der Waals surface area contributed by atoms with Crippen LogP contribution in [0.1, 0.15) is 5.56 Å². The van der Waals surface area contributed by atoms with E-state index in [4.69, 9.17) is 16.9 Å². The zero-order valence-electron chi connectivity index (χ0n) is 11.9. The second-order valence-corrected chi connectivity index (χ2v) is 5.01. The van der Waals surface area contributed by atoms with Crippen LogP contribution in [0.15, 0.2) is 60.3 Å². The van der Waals surface area contributed by atoms with Crippen molar-refractivity contribution in [1.29, 1.82) is 5.26 Å². The van der Waals surface area contributed by atoms with Gasteiger partial charge in [0.1, 0.15) is 11.6 Å². The zero-order chi connectivity index (χ0) is 15.9. The van der Waals surface area contributed by atoms with Crippen molar-refractivity contribution in [2.45, 2.75) is 6.92 Å². The number of carbonyl (C=O) groups excluding carboxylic acids is 1. The first kappa shape index (κ1) is 15.6. The smallest absolute Gasteiger partial charge is 0.267 e. The van der Waals surface area contributed by atoms with E-state index >= 15 is 0 Å². The Balaban J connectivity index is 2.08. The van der Waals surface area contributed by atoms with E-state index < -0.39 is 5.91 Å². The number of benzene rings is 2. The van der Waals surface area contributed by atoms with Crippen molar-refractivity contribution in [2.24, 2.45) is 0 Å². The molecule has 110 valence electrons. The van der Waals surface area contributed by atoms with Gasteiger partial charge in [0.25, 0.3) is 5.91 Å². The molecule has 0 saturated heterocycles. The van der Waals surface area contributed by atoms with Gasteiger partial charge in [-0.15, -0.1) is 0 Å². The van der Waals surface area contributed by atoms with Gasteiger partial charge < -0.3 is 10.6 Å². The summed E-state index contributed by atoms with van der Waals surface area (Å²) >= 11 is 6.03. The van der Waals surface area contributed by atoms with Crippen LogP contribution in [0.3, 0.4) is 0 Å². The van der Waals surface area contributed by atoms with E-state index in [0.717, 1.165) is 5.56 Å². The maximum absolute atomic E-state index is 12.0. The Kier molecular flexibility index (Phi) is 5.18. The number of halogens is 1. The van der Waals surface area contributed by atoms with Crippen molar-refractivity contribution in [2.75, 3.05) is 10.6 Å². The van der Waals surface area contributed by atoms with E-state index in [1.165, 1.54) is 6.20 Å². The normalized spacial score (nSPS) is 10.7. The zero-order valence-corrected chi connectivity index (χ0v) is 12.7. The van der Waals surface area contributed by atoms with Gasteiger partial charge in [-0.05, 0) is 36.8 Å². The number of amides is 1. The second-order valence-electron chi connectivity index (χ2n) is 4.60. The summed E-state index contributed by atoms with van der Waals surface area (Å²) < 4.78 is 0. The fraction of sp³-hybridized carbons (Fsp3) is 0.0588. The lowest BCUT2D eigenvalue weighted by molar-refractivity contribution is -0.112. The molecule has 0 aliphatic rings. The van der Waals surface area contributed by atoms with Gasteiger partial charge >= 0.3 is 0 Å². The van der Waals surface area contributed by atoms with Crippen LogP contribution >= 0.6 is 11.6 Å². The number of carbonyl (C=O) groups is 1. The first-order valence-corrected chi connectivity index (χ1v) is 6.97. The van der Waals surface area contributed by atoms with Crippen LogP contribution < -0.4 is 10.6 Å². The lowest BCUT2D eigenvalue weighted by atomic mass is 10.2. The number of hydrogen-bond acceptors (Lipinski definition) is 3. The summed E-state index contributed by atoms with van der Waals surface area (Å²) in [7, 11) is 0. The molecule has 2 rings (SSSR count). The maximum Gasteiger partial charge on any atom is 0.267 e. The Labute approximate surface area is 134 Å². The van der Waals surface area contributed by atoms with Crippen molar-refractivity contribution < 1.29 is 4.79 Å². The average Bonchev–Trinajstić information content (AvgIpc) is 2.52. The molecule has 22 heavy (non-hydrogen) atoms. The van der Waals surface area contributed by atoms with Gasteiger partial charge in [0, 0.05) is 22.6 Å². The molecular formula is C17H14ClN3O. The Morgan fingerprint density at radius 2 is 1.91 bits per heavy atom. The van der Waals surface area contributed by atoms with Crippen molar-refractivity contribution in [3.8, 4) is 6.07 Å². The van der Waals surface area contributed by atoms with E-state index in [0.29, 0.717) is 16.4 Å². The predicted octanol–water partition coefficient (Wildman–Crippen LogP) is 4.11.